The molecule has 9 heteroatoms. The van der Waals surface area contributed by atoms with Crippen LogP contribution < -0.4 is 4.74 Å². The average Bonchev–Trinajstić information content (AvgIpc) is 3.10. The standard InChI is InChI=1S/C18H20F3NO5/c19-18(20,21)17(16(24)25)7-8-22(11-17)15(23)12-1-3-13(4-2-12)27-14-5-9-26-10-6-14/h1-4,14H,5-11H2,(H,24,25). The zero-order valence-electron chi connectivity index (χ0n) is 14.5. The molecule has 2 fully saturated rings. The lowest BCUT2D eigenvalue weighted by atomic mass is 9.86. The highest BCUT2D eigenvalue weighted by atomic mass is 19.4. The van der Waals surface area contributed by atoms with E-state index < -0.39 is 36.4 Å². The Morgan fingerprint density at radius 2 is 1.81 bits per heavy atom. The van der Waals surface area contributed by atoms with Crippen LogP contribution in [0.25, 0.3) is 0 Å². The summed E-state index contributed by atoms with van der Waals surface area (Å²) in [7, 11) is 0. The lowest BCUT2D eigenvalue weighted by molar-refractivity contribution is -0.227. The van der Waals surface area contributed by atoms with Crippen molar-refractivity contribution in [3.63, 3.8) is 0 Å². The van der Waals surface area contributed by atoms with Gasteiger partial charge in [0.05, 0.1) is 13.2 Å². The summed E-state index contributed by atoms with van der Waals surface area (Å²) < 4.78 is 50.8. The molecule has 1 aromatic carbocycles. The fourth-order valence-corrected chi connectivity index (χ4v) is 3.36. The van der Waals surface area contributed by atoms with Crippen LogP contribution in [-0.2, 0) is 9.53 Å². The third-order valence-electron chi connectivity index (χ3n) is 5.08. The molecule has 27 heavy (non-hydrogen) atoms. The van der Waals surface area contributed by atoms with Gasteiger partial charge in [-0.2, -0.15) is 13.2 Å². The molecule has 1 aromatic rings. The van der Waals surface area contributed by atoms with Crippen LogP contribution in [0.5, 0.6) is 5.75 Å². The van der Waals surface area contributed by atoms with Gasteiger partial charge in [0.25, 0.3) is 5.91 Å². The van der Waals surface area contributed by atoms with Gasteiger partial charge in [0.1, 0.15) is 11.9 Å². The van der Waals surface area contributed by atoms with Gasteiger partial charge < -0.3 is 19.5 Å². The third kappa shape index (κ3) is 3.87. The van der Waals surface area contributed by atoms with Crippen molar-refractivity contribution in [2.75, 3.05) is 26.3 Å². The van der Waals surface area contributed by atoms with Crippen LogP contribution in [0.15, 0.2) is 24.3 Å². The van der Waals surface area contributed by atoms with Crippen LogP contribution in [0, 0.1) is 5.41 Å². The van der Waals surface area contributed by atoms with Gasteiger partial charge in [-0.1, -0.05) is 0 Å². The SMILES string of the molecule is O=C(c1ccc(OC2CCOCC2)cc1)N1CCC(C(=O)O)(C(F)(F)F)C1. The van der Waals surface area contributed by atoms with Crippen molar-refractivity contribution in [3.8, 4) is 5.75 Å². The van der Waals surface area contributed by atoms with Gasteiger partial charge in [-0.05, 0) is 30.7 Å². The van der Waals surface area contributed by atoms with Gasteiger partial charge in [-0.3, -0.25) is 9.59 Å². The maximum atomic E-state index is 13.2. The van der Waals surface area contributed by atoms with Crippen molar-refractivity contribution in [1.29, 1.82) is 0 Å². The molecular formula is C18H20F3NO5. The summed E-state index contributed by atoms with van der Waals surface area (Å²) in [5.41, 5.74) is -2.72. The quantitative estimate of drug-likeness (QED) is 0.860. The van der Waals surface area contributed by atoms with Crippen molar-refractivity contribution < 1.29 is 37.3 Å². The summed E-state index contributed by atoms with van der Waals surface area (Å²) in [6, 6.07) is 6.14. The van der Waals surface area contributed by atoms with E-state index in [1.54, 1.807) is 12.1 Å². The molecule has 3 rings (SSSR count). The smallest absolute Gasteiger partial charge is 0.406 e. The van der Waals surface area contributed by atoms with E-state index in [9.17, 15) is 22.8 Å². The monoisotopic (exact) mass is 387 g/mol. The lowest BCUT2D eigenvalue weighted by Crippen LogP contribution is -2.47. The predicted octanol–water partition coefficient (Wildman–Crippen LogP) is 2.72. The molecular weight excluding hydrogens is 367 g/mol. The number of halogens is 3. The number of benzene rings is 1. The molecule has 6 nitrogen and oxygen atoms in total. The lowest BCUT2D eigenvalue weighted by Gasteiger charge is -2.27. The number of carbonyl (C=O) groups is 2. The second kappa shape index (κ2) is 7.38. The van der Waals surface area contributed by atoms with E-state index in [4.69, 9.17) is 14.6 Å². The summed E-state index contributed by atoms with van der Waals surface area (Å²) in [4.78, 5) is 24.7. The Balaban J connectivity index is 1.66. The van der Waals surface area contributed by atoms with E-state index in [2.05, 4.69) is 0 Å². The van der Waals surface area contributed by atoms with Gasteiger partial charge in [0.15, 0.2) is 5.41 Å². The van der Waals surface area contributed by atoms with E-state index in [-0.39, 0.29) is 18.2 Å². The highest BCUT2D eigenvalue weighted by Crippen LogP contribution is 2.46. The molecule has 2 aliphatic rings. The number of amides is 1. The van der Waals surface area contributed by atoms with E-state index in [0.717, 1.165) is 17.7 Å². The van der Waals surface area contributed by atoms with Gasteiger partial charge in [0, 0.05) is 31.5 Å². The number of aliphatic carboxylic acids is 1. The van der Waals surface area contributed by atoms with Crippen LogP contribution in [0.1, 0.15) is 29.6 Å². The highest BCUT2D eigenvalue weighted by molar-refractivity contribution is 5.95. The minimum Gasteiger partial charge on any atom is -0.490 e. The van der Waals surface area contributed by atoms with Crippen molar-refractivity contribution in [3.05, 3.63) is 29.8 Å². The Hall–Kier alpha value is -2.29. The first-order chi connectivity index (χ1) is 12.7. The van der Waals surface area contributed by atoms with E-state index >= 15 is 0 Å². The molecule has 2 heterocycles. The minimum absolute atomic E-state index is 0.0295. The second-order valence-corrected chi connectivity index (χ2v) is 6.82. The number of hydrogen-bond acceptors (Lipinski definition) is 4. The number of likely N-dealkylation sites (tertiary alicyclic amines) is 1. The summed E-state index contributed by atoms with van der Waals surface area (Å²) in [6.45, 7) is 0.109. The van der Waals surface area contributed by atoms with Crippen molar-refractivity contribution in [2.45, 2.75) is 31.5 Å². The van der Waals surface area contributed by atoms with Crippen molar-refractivity contribution >= 4 is 11.9 Å². The molecule has 0 aliphatic carbocycles. The van der Waals surface area contributed by atoms with Gasteiger partial charge in [-0.25, -0.2) is 0 Å². The Labute approximate surface area is 153 Å². The number of carboxylic acid groups (broad SMARTS) is 1. The second-order valence-electron chi connectivity index (χ2n) is 6.82. The van der Waals surface area contributed by atoms with Crippen LogP contribution >= 0.6 is 0 Å². The topological polar surface area (TPSA) is 76.1 Å². The predicted molar refractivity (Wildman–Crippen MR) is 87.6 cm³/mol. The molecule has 0 radical (unpaired) electrons. The molecule has 1 atom stereocenters. The van der Waals surface area contributed by atoms with E-state index in [1.807, 2.05) is 0 Å². The zero-order valence-corrected chi connectivity index (χ0v) is 14.5. The number of hydrogen-bond donors (Lipinski definition) is 1. The van der Waals surface area contributed by atoms with Gasteiger partial charge in [0.2, 0.25) is 0 Å². The van der Waals surface area contributed by atoms with Crippen LogP contribution in [0.2, 0.25) is 0 Å². The van der Waals surface area contributed by atoms with Crippen molar-refractivity contribution in [2.24, 2.45) is 5.41 Å². The Bertz CT molecular complexity index is 700. The van der Waals surface area contributed by atoms with E-state index in [1.165, 1.54) is 12.1 Å². The number of carboxylic acids is 1. The fourth-order valence-electron chi connectivity index (χ4n) is 3.36. The number of carbonyl (C=O) groups excluding carboxylic acids is 1. The molecule has 148 valence electrons. The number of ether oxygens (including phenoxy) is 2. The molecule has 2 aliphatic heterocycles. The first-order valence-corrected chi connectivity index (χ1v) is 8.67. The number of nitrogens with zero attached hydrogens (tertiary/aromatic N) is 1. The van der Waals surface area contributed by atoms with Gasteiger partial charge >= 0.3 is 12.1 Å². The minimum atomic E-state index is -4.92. The maximum absolute atomic E-state index is 13.2. The molecule has 0 bridgehead atoms. The molecule has 1 N–H and O–H groups in total. The van der Waals surface area contributed by atoms with E-state index in [0.29, 0.717) is 19.0 Å². The Morgan fingerprint density at radius 1 is 1.19 bits per heavy atom. The number of rotatable bonds is 4. The first-order valence-electron chi connectivity index (χ1n) is 8.67. The zero-order chi connectivity index (χ0) is 19.7. The third-order valence-corrected chi connectivity index (χ3v) is 5.08. The average molecular weight is 387 g/mol. The molecule has 1 unspecified atom stereocenters. The molecule has 0 spiro atoms. The molecule has 0 saturated carbocycles. The summed E-state index contributed by atoms with van der Waals surface area (Å²) >= 11 is 0. The molecule has 1 amide bonds. The van der Waals surface area contributed by atoms with Gasteiger partial charge in [-0.15, -0.1) is 0 Å². The van der Waals surface area contributed by atoms with Crippen LogP contribution in [0.4, 0.5) is 13.2 Å². The summed E-state index contributed by atoms with van der Waals surface area (Å²) in [5, 5.41) is 9.08. The van der Waals surface area contributed by atoms with Crippen LogP contribution in [0.3, 0.4) is 0 Å². The van der Waals surface area contributed by atoms with Crippen molar-refractivity contribution in [1.82, 2.24) is 4.90 Å². The molecule has 0 aromatic heterocycles. The normalized spacial score (nSPS) is 24.0. The largest absolute Gasteiger partial charge is 0.490 e. The summed E-state index contributed by atoms with van der Waals surface area (Å²) in [6.07, 6.45) is -4.01. The molecule has 2 saturated heterocycles. The summed E-state index contributed by atoms with van der Waals surface area (Å²) in [5.74, 6) is -2.01. The maximum Gasteiger partial charge on any atom is 0.406 e. The first kappa shape index (κ1) is 19.5. The Kier molecular flexibility index (Phi) is 5.32. The van der Waals surface area contributed by atoms with Crippen LogP contribution in [-0.4, -0.2) is 60.5 Å². The fraction of sp³-hybridized carbons (Fsp3) is 0.556. The number of alkyl halides is 3. The highest BCUT2D eigenvalue weighted by Gasteiger charge is 2.64. The Morgan fingerprint density at radius 3 is 2.33 bits per heavy atom.